The zero-order valence-corrected chi connectivity index (χ0v) is 25.8. The van der Waals surface area contributed by atoms with Crippen LogP contribution < -0.4 is 9.47 Å². The topological polar surface area (TPSA) is 130 Å². The van der Waals surface area contributed by atoms with Crippen molar-refractivity contribution in [2.75, 3.05) is 27.3 Å². The summed E-state index contributed by atoms with van der Waals surface area (Å²) in [6, 6.07) is 21.6. The molecule has 3 heterocycles. The van der Waals surface area contributed by atoms with Crippen molar-refractivity contribution in [1.29, 1.82) is 5.26 Å². The quantitative estimate of drug-likeness (QED) is 0.220. The first-order valence-corrected chi connectivity index (χ1v) is 15.1. The van der Waals surface area contributed by atoms with Gasteiger partial charge in [-0.2, -0.15) is 10.4 Å². The maximum Gasteiger partial charge on any atom is 0.227 e. The predicted octanol–water partition coefficient (Wildman–Crippen LogP) is 5.76. The molecule has 2 aromatic heterocycles. The van der Waals surface area contributed by atoms with Crippen molar-refractivity contribution in [2.24, 2.45) is 0 Å². The fourth-order valence-corrected chi connectivity index (χ4v) is 6.46. The Morgan fingerprint density at radius 2 is 1.76 bits per heavy atom. The molecule has 0 unspecified atom stereocenters. The molecule has 0 aliphatic carbocycles. The molecule has 0 radical (unpaired) electrons. The van der Waals surface area contributed by atoms with Crippen LogP contribution in [0.15, 0.2) is 71.3 Å². The Hall–Kier alpha value is -5.21. The summed E-state index contributed by atoms with van der Waals surface area (Å²) in [5, 5.41) is 35.1. The highest BCUT2D eigenvalue weighted by molar-refractivity contribution is 5.97. The largest absolute Gasteiger partial charge is 0.496 e. The molecule has 1 aliphatic heterocycles. The number of aromatic nitrogens is 3. The molecule has 10 heteroatoms. The molecule has 7 rings (SSSR count). The smallest absolute Gasteiger partial charge is 0.227 e. The lowest BCUT2D eigenvalue weighted by atomic mass is 9.94. The number of β-amino-alcohol motifs (C(OH)–C–C–N with tert-alkyl or cyclic N) is 1. The maximum atomic E-state index is 10.0. The fraction of sp³-hybridized carbons (Fsp3) is 0.250. The van der Waals surface area contributed by atoms with Crippen LogP contribution in [-0.2, 0) is 13.2 Å². The van der Waals surface area contributed by atoms with Crippen molar-refractivity contribution in [2.45, 2.75) is 32.6 Å². The van der Waals surface area contributed by atoms with E-state index >= 15 is 0 Å². The number of benzene rings is 4. The van der Waals surface area contributed by atoms with Gasteiger partial charge in [0.25, 0.3) is 0 Å². The van der Waals surface area contributed by atoms with Crippen molar-refractivity contribution in [3.63, 3.8) is 0 Å². The molecule has 232 valence electrons. The van der Waals surface area contributed by atoms with Gasteiger partial charge in [0.05, 0.1) is 55.5 Å². The van der Waals surface area contributed by atoms with Crippen LogP contribution in [0.25, 0.3) is 50.3 Å². The molecule has 6 aromatic rings. The van der Waals surface area contributed by atoms with Crippen LogP contribution in [0.5, 0.6) is 11.5 Å². The van der Waals surface area contributed by atoms with E-state index in [9.17, 15) is 15.5 Å². The van der Waals surface area contributed by atoms with Crippen LogP contribution in [-0.4, -0.2) is 63.3 Å². The van der Waals surface area contributed by atoms with E-state index in [1.54, 1.807) is 26.4 Å². The molecule has 4 aromatic carbocycles. The molecule has 1 atom stereocenters. The summed E-state index contributed by atoms with van der Waals surface area (Å²) >= 11 is 0. The van der Waals surface area contributed by atoms with Crippen LogP contribution in [0.2, 0.25) is 0 Å². The van der Waals surface area contributed by atoms with Gasteiger partial charge < -0.3 is 24.1 Å². The van der Waals surface area contributed by atoms with Gasteiger partial charge in [0.2, 0.25) is 5.89 Å². The minimum atomic E-state index is -0.309. The Morgan fingerprint density at radius 3 is 2.46 bits per heavy atom. The van der Waals surface area contributed by atoms with E-state index in [0.29, 0.717) is 52.7 Å². The first kappa shape index (κ1) is 29.5. The van der Waals surface area contributed by atoms with E-state index in [4.69, 9.17) is 24.0 Å². The van der Waals surface area contributed by atoms with Gasteiger partial charge in [-0.15, -0.1) is 0 Å². The number of methoxy groups -OCH3 is 2. The van der Waals surface area contributed by atoms with E-state index in [0.717, 1.165) is 57.4 Å². The monoisotopic (exact) mass is 615 g/mol. The van der Waals surface area contributed by atoms with Crippen LogP contribution in [0.1, 0.15) is 28.7 Å². The highest BCUT2D eigenvalue weighted by Crippen LogP contribution is 2.39. The minimum absolute atomic E-state index is 0.188. The lowest BCUT2D eigenvalue weighted by molar-refractivity contribution is 0.174. The summed E-state index contributed by atoms with van der Waals surface area (Å²) in [6.45, 7) is 3.90. The molecule has 1 saturated heterocycles. The van der Waals surface area contributed by atoms with Crippen molar-refractivity contribution in [3.8, 4) is 45.8 Å². The molecule has 0 spiro atoms. The lowest BCUT2D eigenvalue weighted by Crippen LogP contribution is -2.22. The Morgan fingerprint density at radius 1 is 1.02 bits per heavy atom. The Kier molecular flexibility index (Phi) is 7.66. The Bertz CT molecular complexity index is 2120. The van der Waals surface area contributed by atoms with Crippen molar-refractivity contribution >= 4 is 22.0 Å². The van der Waals surface area contributed by atoms with Gasteiger partial charge >= 0.3 is 0 Å². The molecule has 1 aliphatic rings. The summed E-state index contributed by atoms with van der Waals surface area (Å²) in [4.78, 5) is 6.89. The van der Waals surface area contributed by atoms with E-state index < -0.39 is 0 Å². The minimum Gasteiger partial charge on any atom is -0.496 e. The number of hydrogen-bond donors (Lipinski definition) is 2. The van der Waals surface area contributed by atoms with E-state index in [2.05, 4.69) is 23.1 Å². The molecular weight excluding hydrogens is 582 g/mol. The van der Waals surface area contributed by atoms with Gasteiger partial charge in [-0.25, -0.2) is 9.67 Å². The van der Waals surface area contributed by atoms with E-state index in [1.165, 1.54) is 0 Å². The third kappa shape index (κ3) is 5.04. The zero-order valence-electron chi connectivity index (χ0n) is 25.8. The van der Waals surface area contributed by atoms with E-state index in [-0.39, 0.29) is 12.7 Å². The van der Waals surface area contributed by atoms with Gasteiger partial charge in [-0.1, -0.05) is 24.3 Å². The zero-order chi connectivity index (χ0) is 31.9. The SMILES string of the molecule is COc1cc(-n2ncc3c(-c4cccc(-c5nc6cc(CO)cc(C#N)c6o5)c4C)cccc32)cc(OC)c1CN1CC[C@@H](O)C1. The maximum absolute atomic E-state index is 10.0. The average molecular weight is 616 g/mol. The molecule has 2 N–H and O–H groups in total. The molecule has 1 fully saturated rings. The number of hydrogen-bond acceptors (Lipinski definition) is 9. The second kappa shape index (κ2) is 11.9. The van der Waals surface area contributed by atoms with E-state index in [1.807, 2.05) is 54.2 Å². The lowest BCUT2D eigenvalue weighted by Gasteiger charge is -2.20. The summed E-state index contributed by atoms with van der Waals surface area (Å²) in [5.74, 6) is 1.80. The Balaban J connectivity index is 1.29. The molecule has 0 amide bonds. The highest BCUT2D eigenvalue weighted by Gasteiger charge is 2.24. The third-order valence-corrected chi connectivity index (χ3v) is 8.79. The first-order chi connectivity index (χ1) is 22.4. The third-order valence-electron chi connectivity index (χ3n) is 8.79. The molecule has 0 bridgehead atoms. The standard InChI is InChI=1S/C36H33N5O5/c1-21-26(6-4-7-27(21)36-39-31-13-22(20-42)12-23(16-37)35(31)46-36)28-8-5-9-32-29(28)17-38-41(32)24-14-33(44-2)30(34(15-24)45-3)19-40-11-10-25(43)18-40/h4-9,12-15,17,25,42-43H,10-11,18-20H2,1-3H3/t25-/m1/s1. The second-order valence-corrected chi connectivity index (χ2v) is 11.6. The molecular formula is C36H33N5O5. The first-order valence-electron chi connectivity index (χ1n) is 15.1. The number of ether oxygens (including phenoxy) is 2. The van der Waals surface area contributed by atoms with Gasteiger partial charge in [0, 0.05) is 42.7 Å². The van der Waals surface area contributed by atoms with Crippen molar-refractivity contribution in [3.05, 3.63) is 89.1 Å². The van der Waals surface area contributed by atoms with Crippen LogP contribution in [0, 0.1) is 18.3 Å². The van der Waals surface area contributed by atoms with Gasteiger partial charge in [0.1, 0.15) is 23.1 Å². The fourth-order valence-electron chi connectivity index (χ4n) is 6.46. The summed E-state index contributed by atoms with van der Waals surface area (Å²) in [6.07, 6.45) is 2.32. The number of fused-ring (bicyclic) bond motifs is 2. The number of rotatable bonds is 8. The van der Waals surface area contributed by atoms with Crippen LogP contribution >= 0.6 is 0 Å². The number of nitriles is 1. The second-order valence-electron chi connectivity index (χ2n) is 11.6. The summed E-state index contributed by atoms with van der Waals surface area (Å²) in [5.41, 5.74) is 8.30. The Labute approximate surface area is 265 Å². The normalized spacial score (nSPS) is 15.1. The van der Waals surface area contributed by atoms with Crippen LogP contribution in [0.3, 0.4) is 0 Å². The van der Waals surface area contributed by atoms with Crippen LogP contribution in [0.4, 0.5) is 0 Å². The summed E-state index contributed by atoms with van der Waals surface area (Å²) < 4.78 is 19.7. The van der Waals surface area contributed by atoms with Gasteiger partial charge in [-0.05, 0) is 59.9 Å². The number of oxazole rings is 1. The number of nitrogens with zero attached hydrogens (tertiary/aromatic N) is 5. The van der Waals surface area contributed by atoms with Gasteiger partial charge in [-0.3, -0.25) is 4.90 Å². The number of likely N-dealkylation sites (tertiary alicyclic amines) is 1. The van der Waals surface area contributed by atoms with Crippen molar-refractivity contribution in [1.82, 2.24) is 19.7 Å². The summed E-state index contributed by atoms with van der Waals surface area (Å²) in [7, 11) is 3.30. The number of aliphatic hydroxyl groups is 2. The molecule has 46 heavy (non-hydrogen) atoms. The number of aliphatic hydroxyl groups excluding tert-OH is 2. The van der Waals surface area contributed by atoms with Gasteiger partial charge in [0.15, 0.2) is 5.58 Å². The molecule has 10 nitrogen and oxygen atoms in total. The molecule has 0 saturated carbocycles. The average Bonchev–Trinajstić information content (AvgIpc) is 3.82. The predicted molar refractivity (Wildman–Crippen MR) is 174 cm³/mol. The van der Waals surface area contributed by atoms with Crippen molar-refractivity contribution < 1.29 is 24.1 Å². The highest BCUT2D eigenvalue weighted by atomic mass is 16.5.